The molecule has 1 saturated heterocycles. The van der Waals surface area contributed by atoms with Gasteiger partial charge in [-0.25, -0.2) is 0 Å². The molecule has 1 atom stereocenters. The van der Waals surface area contributed by atoms with Crippen LogP contribution in [0.2, 0.25) is 5.02 Å². The topological polar surface area (TPSA) is 15.3 Å². The fourth-order valence-electron chi connectivity index (χ4n) is 2.90. The number of rotatable bonds is 3. The van der Waals surface area contributed by atoms with Crippen molar-refractivity contribution in [2.75, 3.05) is 31.6 Å². The summed E-state index contributed by atoms with van der Waals surface area (Å²) in [6.07, 6.45) is 1.25. The van der Waals surface area contributed by atoms with E-state index in [1.165, 1.54) is 12.1 Å². The highest BCUT2D eigenvalue weighted by molar-refractivity contribution is 6.30. The Morgan fingerprint density at radius 3 is 2.56 bits per heavy atom. The van der Waals surface area contributed by atoms with E-state index < -0.39 is 0 Å². The molecule has 100 valence electrons. The number of hydrogen-bond donors (Lipinski definition) is 1. The van der Waals surface area contributed by atoms with Gasteiger partial charge in [-0.1, -0.05) is 25.4 Å². The maximum Gasteiger partial charge on any atom is 0.0407 e. The lowest BCUT2D eigenvalue weighted by molar-refractivity contribution is 0.174. The van der Waals surface area contributed by atoms with Crippen molar-refractivity contribution in [3.63, 3.8) is 0 Å². The van der Waals surface area contributed by atoms with Gasteiger partial charge < -0.3 is 10.2 Å². The zero-order valence-electron chi connectivity index (χ0n) is 11.5. The highest BCUT2D eigenvalue weighted by Crippen LogP contribution is 2.36. The van der Waals surface area contributed by atoms with Crippen LogP contribution in [0.15, 0.2) is 24.3 Å². The van der Waals surface area contributed by atoms with Gasteiger partial charge in [0, 0.05) is 23.8 Å². The first-order valence-electron chi connectivity index (χ1n) is 6.68. The van der Waals surface area contributed by atoms with Crippen molar-refractivity contribution in [3.05, 3.63) is 29.3 Å². The lowest BCUT2D eigenvalue weighted by atomic mass is 9.73. The van der Waals surface area contributed by atoms with Crippen LogP contribution in [0, 0.1) is 11.3 Å². The zero-order valence-corrected chi connectivity index (χ0v) is 12.3. The van der Waals surface area contributed by atoms with Gasteiger partial charge in [0.05, 0.1) is 0 Å². The number of hydrogen-bond acceptors (Lipinski definition) is 2. The Bertz CT molecular complexity index is 386. The smallest absolute Gasteiger partial charge is 0.0407 e. The minimum atomic E-state index is 0.348. The molecule has 0 bridgehead atoms. The molecule has 0 aromatic heterocycles. The summed E-state index contributed by atoms with van der Waals surface area (Å²) in [5.74, 6) is 0.756. The number of nitrogens with zero attached hydrogens (tertiary/aromatic N) is 1. The van der Waals surface area contributed by atoms with E-state index in [2.05, 4.69) is 36.2 Å². The number of benzene rings is 1. The Morgan fingerprint density at radius 1 is 1.33 bits per heavy atom. The summed E-state index contributed by atoms with van der Waals surface area (Å²) in [7, 11) is 2.04. The molecule has 0 radical (unpaired) electrons. The van der Waals surface area contributed by atoms with Crippen LogP contribution in [0.3, 0.4) is 0 Å². The second-order valence-electron chi connectivity index (χ2n) is 5.93. The summed E-state index contributed by atoms with van der Waals surface area (Å²) in [5.41, 5.74) is 1.64. The molecule has 1 aliphatic rings. The summed E-state index contributed by atoms with van der Waals surface area (Å²) in [4.78, 5) is 2.47. The summed E-state index contributed by atoms with van der Waals surface area (Å²) in [5, 5.41) is 4.13. The average molecular weight is 267 g/mol. The Balaban J connectivity index is 2.08. The minimum Gasteiger partial charge on any atom is -0.371 e. The molecule has 2 nitrogen and oxygen atoms in total. The number of halogens is 1. The first-order valence-corrected chi connectivity index (χ1v) is 7.06. The molecular weight excluding hydrogens is 244 g/mol. The molecule has 1 fully saturated rings. The molecule has 1 aromatic carbocycles. The maximum atomic E-state index is 5.94. The molecule has 0 amide bonds. The van der Waals surface area contributed by atoms with Crippen molar-refractivity contribution in [1.29, 1.82) is 0 Å². The number of anilines is 1. The van der Waals surface area contributed by atoms with Crippen molar-refractivity contribution < 1.29 is 0 Å². The minimum absolute atomic E-state index is 0.348. The van der Waals surface area contributed by atoms with Gasteiger partial charge in [0.1, 0.15) is 0 Å². The van der Waals surface area contributed by atoms with Crippen LogP contribution in [0.1, 0.15) is 20.3 Å². The maximum absolute atomic E-state index is 5.94. The van der Waals surface area contributed by atoms with Crippen LogP contribution < -0.4 is 10.2 Å². The number of piperidine rings is 1. The van der Waals surface area contributed by atoms with Gasteiger partial charge in [-0.15, -0.1) is 0 Å². The Labute approximate surface area is 115 Å². The van der Waals surface area contributed by atoms with E-state index in [9.17, 15) is 0 Å². The van der Waals surface area contributed by atoms with Crippen LogP contribution in [0.4, 0.5) is 5.69 Å². The Kier molecular flexibility index (Phi) is 4.18. The quantitative estimate of drug-likeness (QED) is 0.902. The van der Waals surface area contributed by atoms with Gasteiger partial charge in [-0.2, -0.15) is 0 Å². The van der Waals surface area contributed by atoms with Crippen LogP contribution in [-0.4, -0.2) is 26.7 Å². The van der Waals surface area contributed by atoms with Gasteiger partial charge in [-0.05, 0) is 55.6 Å². The van der Waals surface area contributed by atoms with E-state index in [1.807, 2.05) is 19.2 Å². The zero-order chi connectivity index (χ0) is 13.2. The predicted octanol–water partition coefficient (Wildman–Crippen LogP) is 3.41. The molecule has 2 rings (SSSR count). The normalized spacial score (nSPS) is 23.1. The van der Waals surface area contributed by atoms with E-state index >= 15 is 0 Å². The van der Waals surface area contributed by atoms with Crippen LogP contribution in [0.25, 0.3) is 0 Å². The van der Waals surface area contributed by atoms with Gasteiger partial charge in [0.25, 0.3) is 0 Å². The first kappa shape index (κ1) is 13.7. The molecule has 1 aliphatic heterocycles. The molecule has 1 unspecified atom stereocenters. The second-order valence-corrected chi connectivity index (χ2v) is 6.37. The lowest BCUT2D eigenvalue weighted by Gasteiger charge is -2.45. The van der Waals surface area contributed by atoms with Crippen LogP contribution in [-0.2, 0) is 0 Å². The molecule has 0 saturated carbocycles. The van der Waals surface area contributed by atoms with Gasteiger partial charge in [0.2, 0.25) is 0 Å². The molecule has 1 N–H and O–H groups in total. The third kappa shape index (κ3) is 2.99. The SMILES string of the molecule is CNCC1CCN(c2ccc(Cl)cc2)CC1(C)C. The fourth-order valence-corrected chi connectivity index (χ4v) is 3.03. The summed E-state index contributed by atoms with van der Waals surface area (Å²) >= 11 is 5.94. The fraction of sp³-hybridized carbons (Fsp3) is 0.600. The van der Waals surface area contributed by atoms with Crippen molar-refractivity contribution in [3.8, 4) is 0 Å². The summed E-state index contributed by atoms with van der Waals surface area (Å²) in [6, 6.07) is 8.20. The van der Waals surface area contributed by atoms with Gasteiger partial charge in [0.15, 0.2) is 0 Å². The first-order chi connectivity index (χ1) is 8.53. The standard InChI is InChI=1S/C15H23ClN2/c1-15(2)11-18(9-8-12(15)10-17-3)14-6-4-13(16)5-7-14/h4-7,12,17H,8-11H2,1-3H3. The Morgan fingerprint density at radius 2 is 2.00 bits per heavy atom. The van der Waals surface area contributed by atoms with E-state index in [-0.39, 0.29) is 0 Å². The molecule has 0 aliphatic carbocycles. The highest BCUT2D eigenvalue weighted by atomic mass is 35.5. The molecule has 18 heavy (non-hydrogen) atoms. The third-order valence-corrected chi connectivity index (χ3v) is 4.35. The summed E-state index contributed by atoms with van der Waals surface area (Å²) in [6.45, 7) is 8.11. The molecule has 0 spiro atoms. The molecular formula is C15H23ClN2. The number of nitrogens with one attached hydrogen (secondary N) is 1. The van der Waals surface area contributed by atoms with Gasteiger partial charge >= 0.3 is 0 Å². The van der Waals surface area contributed by atoms with Crippen molar-refractivity contribution >= 4 is 17.3 Å². The third-order valence-electron chi connectivity index (χ3n) is 4.09. The predicted molar refractivity (Wildman–Crippen MR) is 79.5 cm³/mol. The van der Waals surface area contributed by atoms with E-state index in [0.29, 0.717) is 5.41 Å². The highest BCUT2D eigenvalue weighted by Gasteiger charge is 2.35. The van der Waals surface area contributed by atoms with E-state index in [0.717, 1.165) is 30.6 Å². The Hall–Kier alpha value is -0.730. The molecule has 1 aromatic rings. The largest absolute Gasteiger partial charge is 0.371 e. The van der Waals surface area contributed by atoms with Crippen LogP contribution >= 0.6 is 11.6 Å². The lowest BCUT2D eigenvalue weighted by Crippen LogP contribution is -2.48. The van der Waals surface area contributed by atoms with E-state index in [4.69, 9.17) is 11.6 Å². The van der Waals surface area contributed by atoms with E-state index in [1.54, 1.807) is 0 Å². The summed E-state index contributed by atoms with van der Waals surface area (Å²) < 4.78 is 0. The van der Waals surface area contributed by atoms with Crippen LogP contribution in [0.5, 0.6) is 0 Å². The van der Waals surface area contributed by atoms with Crippen molar-refractivity contribution in [1.82, 2.24) is 5.32 Å². The molecule has 3 heteroatoms. The molecule has 1 heterocycles. The van der Waals surface area contributed by atoms with Crippen molar-refractivity contribution in [2.45, 2.75) is 20.3 Å². The van der Waals surface area contributed by atoms with Crippen molar-refractivity contribution in [2.24, 2.45) is 11.3 Å². The van der Waals surface area contributed by atoms with Gasteiger partial charge in [-0.3, -0.25) is 0 Å². The second kappa shape index (κ2) is 5.50. The average Bonchev–Trinajstić information content (AvgIpc) is 2.32. The monoisotopic (exact) mass is 266 g/mol.